The van der Waals surface area contributed by atoms with Gasteiger partial charge in [-0.15, -0.1) is 0 Å². The molecule has 4 heterocycles. The van der Waals surface area contributed by atoms with Gasteiger partial charge in [-0.05, 0) is 36.8 Å². The van der Waals surface area contributed by atoms with E-state index in [1.807, 2.05) is 34.9 Å². The molecule has 0 spiro atoms. The van der Waals surface area contributed by atoms with Crippen LogP contribution in [0.4, 0.5) is 15.9 Å². The molecule has 0 saturated carbocycles. The number of para-hydroxylation sites is 1. The van der Waals surface area contributed by atoms with E-state index in [0.717, 1.165) is 5.56 Å². The van der Waals surface area contributed by atoms with Gasteiger partial charge in [0.15, 0.2) is 0 Å². The molecule has 1 aromatic carbocycles. The number of carbonyl (C=O) groups excluding carboxylic acids is 1. The summed E-state index contributed by atoms with van der Waals surface area (Å²) in [5, 5.41) is 0. The van der Waals surface area contributed by atoms with Crippen LogP contribution >= 0.6 is 24.0 Å². The number of halogens is 1. The molecule has 2 saturated heterocycles. The Morgan fingerprint density at radius 3 is 2.44 bits per heavy atom. The summed E-state index contributed by atoms with van der Waals surface area (Å²) in [6.45, 7) is 4.17. The van der Waals surface area contributed by atoms with Crippen LogP contribution in [0.3, 0.4) is 0 Å². The Kier molecular flexibility index (Phi) is 5.86. The lowest BCUT2D eigenvalue weighted by molar-refractivity contribution is -0.121. The highest BCUT2D eigenvalue weighted by Gasteiger charge is 2.30. The van der Waals surface area contributed by atoms with E-state index in [0.29, 0.717) is 58.1 Å². The number of piperazine rings is 1. The Labute approximate surface area is 205 Å². The van der Waals surface area contributed by atoms with Crippen LogP contribution in [0.2, 0.25) is 0 Å². The normalized spacial score (nSPS) is 18.0. The molecule has 0 radical (unpaired) electrons. The molecular weight excluding hydrogens is 473 g/mol. The van der Waals surface area contributed by atoms with Crippen molar-refractivity contribution in [2.75, 3.05) is 43.0 Å². The standard InChI is InChI=1S/C24H22FN5O2S2/c1-15-7-8-20-26-21(29-11-9-28(10-12-29)18-6-4-3-5-17(18)25)16(22(31)30(20)14-15)13-19-23(32)27(2)24(33)34-19/h3-8,13-14H,9-12H2,1-2H3/b19-13+. The summed E-state index contributed by atoms with van der Waals surface area (Å²) < 4.78 is 16.2. The molecule has 0 unspecified atom stereocenters. The highest BCUT2D eigenvalue weighted by atomic mass is 32.2. The maximum absolute atomic E-state index is 14.3. The first-order valence-electron chi connectivity index (χ1n) is 10.8. The number of carbonyl (C=O) groups is 1. The number of hydrogen-bond acceptors (Lipinski definition) is 7. The number of benzene rings is 1. The van der Waals surface area contributed by atoms with Crippen molar-refractivity contribution in [3.05, 3.63) is 74.8 Å². The Morgan fingerprint density at radius 1 is 1.06 bits per heavy atom. The molecule has 2 fully saturated rings. The number of likely N-dealkylation sites (N-methyl/N-ethyl adjacent to an activating group) is 1. The van der Waals surface area contributed by atoms with Gasteiger partial charge in [0.2, 0.25) is 0 Å². The summed E-state index contributed by atoms with van der Waals surface area (Å²) in [7, 11) is 1.62. The first kappa shape index (κ1) is 22.5. The van der Waals surface area contributed by atoms with Gasteiger partial charge in [0.05, 0.1) is 16.2 Å². The highest BCUT2D eigenvalue weighted by molar-refractivity contribution is 8.26. The number of nitrogens with zero attached hydrogens (tertiary/aromatic N) is 5. The topological polar surface area (TPSA) is 61.2 Å². The van der Waals surface area contributed by atoms with E-state index < -0.39 is 0 Å². The van der Waals surface area contributed by atoms with Gasteiger partial charge in [-0.3, -0.25) is 18.9 Å². The quantitative estimate of drug-likeness (QED) is 0.408. The summed E-state index contributed by atoms with van der Waals surface area (Å²) in [4.78, 5) is 36.8. The van der Waals surface area contributed by atoms with Gasteiger partial charge in [-0.25, -0.2) is 9.37 Å². The largest absolute Gasteiger partial charge is 0.366 e. The van der Waals surface area contributed by atoms with Gasteiger partial charge in [0.25, 0.3) is 11.5 Å². The average Bonchev–Trinajstić information content (AvgIpc) is 3.08. The van der Waals surface area contributed by atoms with E-state index in [1.165, 1.54) is 27.1 Å². The predicted octanol–water partition coefficient (Wildman–Crippen LogP) is 3.30. The van der Waals surface area contributed by atoms with Gasteiger partial charge in [0, 0.05) is 39.4 Å². The second-order valence-corrected chi connectivity index (χ2v) is 9.93. The van der Waals surface area contributed by atoms with Crippen molar-refractivity contribution < 1.29 is 9.18 Å². The third-order valence-electron chi connectivity index (χ3n) is 6.02. The second-order valence-electron chi connectivity index (χ2n) is 8.26. The van der Waals surface area contributed by atoms with E-state index in [1.54, 1.807) is 31.5 Å². The predicted molar refractivity (Wildman–Crippen MR) is 138 cm³/mol. The van der Waals surface area contributed by atoms with Gasteiger partial charge < -0.3 is 9.80 Å². The van der Waals surface area contributed by atoms with Gasteiger partial charge in [0.1, 0.15) is 21.6 Å². The number of thioether (sulfide) groups is 1. The zero-order valence-electron chi connectivity index (χ0n) is 18.7. The SMILES string of the molecule is Cc1ccc2nc(N3CCN(c4ccccc4F)CC3)c(/C=C3/SC(=S)N(C)C3=O)c(=O)n2c1. The van der Waals surface area contributed by atoms with Crippen molar-refractivity contribution in [3.8, 4) is 0 Å². The third kappa shape index (κ3) is 3.97. The fraction of sp³-hybridized carbons (Fsp3) is 0.250. The highest BCUT2D eigenvalue weighted by Crippen LogP contribution is 2.33. The molecule has 0 atom stereocenters. The molecule has 0 aliphatic carbocycles. The Balaban J connectivity index is 1.55. The fourth-order valence-electron chi connectivity index (χ4n) is 4.16. The third-order valence-corrected chi connectivity index (χ3v) is 7.50. The minimum Gasteiger partial charge on any atom is -0.366 e. The summed E-state index contributed by atoms with van der Waals surface area (Å²) in [5.41, 5.74) is 2.12. The number of aromatic nitrogens is 2. The average molecular weight is 496 g/mol. The first-order valence-corrected chi connectivity index (χ1v) is 12.0. The minimum atomic E-state index is -0.254. The number of amides is 1. The molecule has 0 bridgehead atoms. The van der Waals surface area contributed by atoms with Crippen molar-refractivity contribution >= 4 is 57.4 Å². The summed E-state index contributed by atoms with van der Waals surface area (Å²) in [5.74, 6) is 0.0261. The second kappa shape index (κ2) is 8.84. The molecule has 0 N–H and O–H groups in total. The Morgan fingerprint density at radius 2 is 1.76 bits per heavy atom. The summed E-state index contributed by atoms with van der Waals surface area (Å²) in [6, 6.07) is 10.4. The van der Waals surface area contributed by atoms with Crippen LogP contribution in [0.1, 0.15) is 11.1 Å². The Bertz CT molecular complexity index is 1410. The van der Waals surface area contributed by atoms with Crippen molar-refractivity contribution in [1.29, 1.82) is 0 Å². The number of hydrogen-bond donors (Lipinski definition) is 0. The number of anilines is 2. The smallest absolute Gasteiger partial charge is 0.267 e. The monoisotopic (exact) mass is 495 g/mol. The fourth-order valence-corrected chi connectivity index (χ4v) is 5.32. The van der Waals surface area contributed by atoms with E-state index >= 15 is 0 Å². The van der Waals surface area contributed by atoms with Crippen molar-refractivity contribution in [1.82, 2.24) is 14.3 Å². The van der Waals surface area contributed by atoms with E-state index in [9.17, 15) is 14.0 Å². The number of aryl methyl sites for hydroxylation is 1. The molecule has 34 heavy (non-hydrogen) atoms. The van der Waals surface area contributed by atoms with E-state index in [4.69, 9.17) is 17.2 Å². The van der Waals surface area contributed by atoms with Gasteiger partial charge in [-0.1, -0.05) is 42.2 Å². The van der Waals surface area contributed by atoms with Crippen molar-refractivity contribution in [2.24, 2.45) is 0 Å². The molecule has 7 nitrogen and oxygen atoms in total. The summed E-state index contributed by atoms with van der Waals surface area (Å²) >= 11 is 6.42. The van der Waals surface area contributed by atoms with Gasteiger partial charge in [-0.2, -0.15) is 0 Å². The van der Waals surface area contributed by atoms with Crippen LogP contribution < -0.4 is 15.4 Å². The van der Waals surface area contributed by atoms with Crippen LogP contribution in [-0.4, -0.2) is 57.7 Å². The molecule has 1 amide bonds. The minimum absolute atomic E-state index is 0.237. The van der Waals surface area contributed by atoms with Crippen LogP contribution in [0.25, 0.3) is 11.7 Å². The molecular formula is C24H22FN5O2S2. The van der Waals surface area contributed by atoms with Crippen molar-refractivity contribution in [2.45, 2.75) is 6.92 Å². The Hall–Kier alpha value is -3.24. The molecule has 2 aromatic heterocycles. The number of pyridine rings is 1. The zero-order chi connectivity index (χ0) is 24.0. The zero-order valence-corrected chi connectivity index (χ0v) is 20.3. The molecule has 174 valence electrons. The molecule has 2 aliphatic heterocycles. The maximum atomic E-state index is 14.3. The number of rotatable bonds is 3. The molecule has 3 aromatic rings. The van der Waals surface area contributed by atoms with Crippen LogP contribution in [0.5, 0.6) is 0 Å². The van der Waals surface area contributed by atoms with Crippen LogP contribution in [-0.2, 0) is 4.79 Å². The lowest BCUT2D eigenvalue weighted by Gasteiger charge is -2.37. The van der Waals surface area contributed by atoms with Crippen LogP contribution in [0, 0.1) is 12.7 Å². The summed E-state index contributed by atoms with van der Waals surface area (Å²) in [6.07, 6.45) is 3.35. The first-order chi connectivity index (χ1) is 16.3. The van der Waals surface area contributed by atoms with Crippen molar-refractivity contribution in [3.63, 3.8) is 0 Å². The van der Waals surface area contributed by atoms with Crippen LogP contribution in [0.15, 0.2) is 52.3 Å². The lowest BCUT2D eigenvalue weighted by atomic mass is 10.2. The van der Waals surface area contributed by atoms with Gasteiger partial charge >= 0.3 is 0 Å². The maximum Gasteiger partial charge on any atom is 0.267 e. The molecule has 10 heteroatoms. The van der Waals surface area contributed by atoms with E-state index in [2.05, 4.69) is 0 Å². The van der Waals surface area contributed by atoms with E-state index in [-0.39, 0.29) is 17.3 Å². The number of thiocarbonyl (C=S) groups is 1. The molecule has 5 rings (SSSR count). The number of fused-ring (bicyclic) bond motifs is 1. The molecule has 2 aliphatic rings. The lowest BCUT2D eigenvalue weighted by Crippen LogP contribution is -2.47.